The van der Waals surface area contributed by atoms with Crippen molar-refractivity contribution < 1.29 is 0 Å². The van der Waals surface area contributed by atoms with Crippen LogP contribution in [-0.2, 0) is 6.42 Å². The van der Waals surface area contributed by atoms with Gasteiger partial charge in [0.05, 0.1) is 0 Å². The summed E-state index contributed by atoms with van der Waals surface area (Å²) in [4.78, 5) is 4.67. The molecule has 2 atom stereocenters. The Hall–Kier alpha value is -1.34. The summed E-state index contributed by atoms with van der Waals surface area (Å²) in [6, 6.07) is 12.5. The SMILES string of the molecule is CC1Cc2cc(-c3ccccc3)c(Cl)nc2C(C)C1. The molecule has 1 aromatic heterocycles. The third-order valence-electron chi connectivity index (χ3n) is 3.96. The van der Waals surface area contributed by atoms with E-state index in [4.69, 9.17) is 11.6 Å². The molecule has 1 aliphatic carbocycles. The van der Waals surface area contributed by atoms with E-state index in [2.05, 4.69) is 37.0 Å². The molecule has 1 aliphatic rings. The van der Waals surface area contributed by atoms with E-state index in [-0.39, 0.29) is 0 Å². The van der Waals surface area contributed by atoms with Gasteiger partial charge in [-0.1, -0.05) is 55.8 Å². The number of rotatable bonds is 1. The molecule has 0 saturated heterocycles. The molecule has 0 radical (unpaired) electrons. The molecule has 0 fully saturated rings. The van der Waals surface area contributed by atoms with Crippen LogP contribution in [0.3, 0.4) is 0 Å². The highest BCUT2D eigenvalue weighted by molar-refractivity contribution is 6.32. The predicted molar refractivity (Wildman–Crippen MR) is 80.6 cm³/mol. The third kappa shape index (κ3) is 2.40. The second kappa shape index (κ2) is 4.97. The van der Waals surface area contributed by atoms with Gasteiger partial charge in [0.1, 0.15) is 5.15 Å². The summed E-state index contributed by atoms with van der Waals surface area (Å²) in [6.07, 6.45) is 2.32. The predicted octanol–water partition coefficient (Wildman–Crippen LogP) is 5.09. The number of fused-ring (bicyclic) bond motifs is 1. The molecular weight excluding hydrogens is 254 g/mol. The van der Waals surface area contributed by atoms with Crippen molar-refractivity contribution in [2.45, 2.75) is 32.6 Å². The fraction of sp³-hybridized carbons (Fsp3) is 0.353. The van der Waals surface area contributed by atoms with Gasteiger partial charge in [-0.3, -0.25) is 0 Å². The molecule has 0 saturated carbocycles. The van der Waals surface area contributed by atoms with Gasteiger partial charge in [-0.25, -0.2) is 4.98 Å². The van der Waals surface area contributed by atoms with Crippen LogP contribution in [0.4, 0.5) is 0 Å². The molecule has 0 aliphatic heterocycles. The highest BCUT2D eigenvalue weighted by Crippen LogP contribution is 2.37. The van der Waals surface area contributed by atoms with Crippen LogP contribution >= 0.6 is 11.6 Å². The number of nitrogens with zero attached hydrogens (tertiary/aromatic N) is 1. The Kier molecular flexibility index (Phi) is 3.32. The lowest BCUT2D eigenvalue weighted by Crippen LogP contribution is -2.16. The van der Waals surface area contributed by atoms with Crippen LogP contribution in [0.5, 0.6) is 0 Å². The van der Waals surface area contributed by atoms with Crippen LogP contribution < -0.4 is 0 Å². The Balaban J connectivity index is 2.11. The Labute approximate surface area is 119 Å². The topological polar surface area (TPSA) is 12.9 Å². The first kappa shape index (κ1) is 12.7. The summed E-state index contributed by atoms with van der Waals surface area (Å²) in [7, 11) is 0. The fourth-order valence-electron chi connectivity index (χ4n) is 3.13. The zero-order valence-electron chi connectivity index (χ0n) is 11.4. The second-order valence-electron chi connectivity index (χ2n) is 5.68. The van der Waals surface area contributed by atoms with Crippen LogP contribution in [0.15, 0.2) is 36.4 Å². The largest absolute Gasteiger partial charge is 0.240 e. The zero-order chi connectivity index (χ0) is 13.4. The van der Waals surface area contributed by atoms with Gasteiger partial charge in [0.25, 0.3) is 0 Å². The Bertz CT molecular complexity index is 592. The highest BCUT2D eigenvalue weighted by atomic mass is 35.5. The average Bonchev–Trinajstić information content (AvgIpc) is 2.40. The first-order valence-electron chi connectivity index (χ1n) is 6.90. The first-order chi connectivity index (χ1) is 9.15. The van der Waals surface area contributed by atoms with Crippen LogP contribution in [0.2, 0.25) is 5.15 Å². The summed E-state index contributed by atoms with van der Waals surface area (Å²) in [5, 5.41) is 0.631. The lowest BCUT2D eigenvalue weighted by Gasteiger charge is -2.27. The monoisotopic (exact) mass is 271 g/mol. The van der Waals surface area contributed by atoms with Crippen molar-refractivity contribution in [3.8, 4) is 11.1 Å². The van der Waals surface area contributed by atoms with Gasteiger partial charge in [-0.15, -0.1) is 0 Å². The smallest absolute Gasteiger partial charge is 0.137 e. The van der Waals surface area contributed by atoms with Crippen molar-refractivity contribution in [3.63, 3.8) is 0 Å². The molecule has 1 heterocycles. The minimum Gasteiger partial charge on any atom is -0.240 e. The summed E-state index contributed by atoms with van der Waals surface area (Å²) < 4.78 is 0. The Morgan fingerprint density at radius 2 is 1.89 bits per heavy atom. The molecule has 1 nitrogen and oxygen atoms in total. The van der Waals surface area contributed by atoms with Gasteiger partial charge in [-0.05, 0) is 41.9 Å². The molecule has 19 heavy (non-hydrogen) atoms. The maximum atomic E-state index is 6.39. The van der Waals surface area contributed by atoms with Crippen molar-refractivity contribution in [1.82, 2.24) is 4.98 Å². The quantitative estimate of drug-likeness (QED) is 0.659. The van der Waals surface area contributed by atoms with Crippen molar-refractivity contribution >= 4 is 11.6 Å². The number of hydrogen-bond acceptors (Lipinski definition) is 1. The third-order valence-corrected chi connectivity index (χ3v) is 4.25. The molecule has 2 heteroatoms. The first-order valence-corrected chi connectivity index (χ1v) is 7.27. The van der Waals surface area contributed by atoms with E-state index in [0.717, 1.165) is 23.5 Å². The van der Waals surface area contributed by atoms with Crippen molar-refractivity contribution in [3.05, 3.63) is 52.8 Å². The van der Waals surface area contributed by atoms with Gasteiger partial charge in [0, 0.05) is 11.3 Å². The summed E-state index contributed by atoms with van der Waals surface area (Å²) >= 11 is 6.39. The summed E-state index contributed by atoms with van der Waals surface area (Å²) in [5.74, 6) is 1.25. The summed E-state index contributed by atoms with van der Waals surface area (Å²) in [5.41, 5.74) is 4.77. The van der Waals surface area contributed by atoms with Crippen molar-refractivity contribution in [1.29, 1.82) is 0 Å². The standard InChI is InChI=1S/C17H18ClN/c1-11-8-12(2)16-14(9-11)10-15(17(18)19-16)13-6-4-3-5-7-13/h3-7,10-12H,8-9H2,1-2H3. The molecule has 98 valence electrons. The van der Waals surface area contributed by atoms with Gasteiger partial charge >= 0.3 is 0 Å². The Morgan fingerprint density at radius 1 is 1.16 bits per heavy atom. The molecule has 0 spiro atoms. The van der Waals surface area contributed by atoms with Gasteiger partial charge in [-0.2, -0.15) is 0 Å². The minimum atomic E-state index is 0.515. The molecule has 0 N–H and O–H groups in total. The molecule has 3 rings (SSSR count). The van der Waals surface area contributed by atoms with E-state index in [9.17, 15) is 0 Å². The van der Waals surface area contributed by atoms with Crippen molar-refractivity contribution in [2.75, 3.05) is 0 Å². The molecule has 2 aromatic rings. The van der Waals surface area contributed by atoms with Crippen LogP contribution in [-0.4, -0.2) is 4.98 Å². The average molecular weight is 272 g/mol. The summed E-state index contributed by atoms with van der Waals surface area (Å²) in [6.45, 7) is 4.57. The molecule has 2 unspecified atom stereocenters. The number of pyridine rings is 1. The van der Waals surface area contributed by atoms with Crippen LogP contribution in [0, 0.1) is 5.92 Å². The second-order valence-corrected chi connectivity index (χ2v) is 6.04. The van der Waals surface area contributed by atoms with Gasteiger partial charge in [0.2, 0.25) is 0 Å². The van der Waals surface area contributed by atoms with Crippen LogP contribution in [0.1, 0.15) is 37.4 Å². The number of halogens is 1. The van der Waals surface area contributed by atoms with E-state index in [1.165, 1.54) is 17.7 Å². The number of benzene rings is 1. The Morgan fingerprint density at radius 3 is 2.63 bits per heavy atom. The molecule has 0 amide bonds. The molecule has 1 aromatic carbocycles. The van der Waals surface area contributed by atoms with E-state index in [0.29, 0.717) is 11.1 Å². The maximum Gasteiger partial charge on any atom is 0.137 e. The van der Waals surface area contributed by atoms with E-state index >= 15 is 0 Å². The van der Waals surface area contributed by atoms with Gasteiger partial charge in [0.15, 0.2) is 0 Å². The van der Waals surface area contributed by atoms with E-state index in [1.54, 1.807) is 0 Å². The van der Waals surface area contributed by atoms with Crippen molar-refractivity contribution in [2.24, 2.45) is 5.92 Å². The lowest BCUT2D eigenvalue weighted by atomic mass is 9.81. The molecule has 0 bridgehead atoms. The normalized spacial score (nSPS) is 22.1. The zero-order valence-corrected chi connectivity index (χ0v) is 12.1. The van der Waals surface area contributed by atoms with Gasteiger partial charge < -0.3 is 0 Å². The maximum absolute atomic E-state index is 6.39. The minimum absolute atomic E-state index is 0.515. The van der Waals surface area contributed by atoms with E-state index in [1.807, 2.05) is 18.2 Å². The lowest BCUT2D eigenvalue weighted by molar-refractivity contribution is 0.441. The van der Waals surface area contributed by atoms with E-state index < -0.39 is 0 Å². The number of aromatic nitrogens is 1. The number of hydrogen-bond donors (Lipinski definition) is 0. The molecular formula is C17H18ClN. The fourth-order valence-corrected chi connectivity index (χ4v) is 3.38. The van der Waals surface area contributed by atoms with Crippen LogP contribution in [0.25, 0.3) is 11.1 Å². The highest BCUT2D eigenvalue weighted by Gasteiger charge is 2.24.